The highest BCUT2D eigenvalue weighted by Crippen LogP contribution is 2.26. The van der Waals surface area contributed by atoms with Gasteiger partial charge in [-0.15, -0.1) is 0 Å². The minimum Gasteiger partial charge on any atom is -0.337 e. The molecule has 2 aromatic heterocycles. The number of nitrogens with zero attached hydrogens (tertiary/aromatic N) is 5. The molecule has 0 aromatic carbocycles. The number of hydrogen-bond acceptors (Lipinski definition) is 5. The van der Waals surface area contributed by atoms with Gasteiger partial charge in [-0.25, -0.2) is 9.78 Å². The molecule has 29 heavy (non-hydrogen) atoms. The van der Waals surface area contributed by atoms with Crippen LogP contribution in [0.15, 0.2) is 14.7 Å². The van der Waals surface area contributed by atoms with E-state index in [-0.39, 0.29) is 29.3 Å². The van der Waals surface area contributed by atoms with Crippen LogP contribution >= 0.6 is 11.8 Å². The molecule has 2 atom stereocenters. The van der Waals surface area contributed by atoms with Crippen molar-refractivity contribution in [1.82, 2.24) is 23.6 Å². The predicted molar refractivity (Wildman–Crippen MR) is 115 cm³/mol. The molecule has 3 heterocycles. The summed E-state index contributed by atoms with van der Waals surface area (Å²) >= 11 is 1.36. The van der Waals surface area contributed by atoms with Crippen LogP contribution in [0.25, 0.3) is 11.2 Å². The molecule has 1 aliphatic rings. The summed E-state index contributed by atoms with van der Waals surface area (Å²) in [7, 11) is 3.11. The second-order valence-corrected chi connectivity index (χ2v) is 8.94. The first kappa shape index (κ1) is 21.7. The number of piperidine rings is 1. The van der Waals surface area contributed by atoms with Gasteiger partial charge in [0.25, 0.3) is 5.56 Å². The fraction of sp³-hybridized carbons (Fsp3) is 0.700. The number of aryl methyl sites for hydroxylation is 2. The second kappa shape index (κ2) is 8.77. The molecule has 0 unspecified atom stereocenters. The number of rotatable bonds is 6. The van der Waals surface area contributed by atoms with Crippen LogP contribution in [0.5, 0.6) is 0 Å². The fourth-order valence-electron chi connectivity index (χ4n) is 4.17. The molecule has 1 fully saturated rings. The fourth-order valence-corrected chi connectivity index (χ4v) is 5.07. The largest absolute Gasteiger partial charge is 0.337 e. The van der Waals surface area contributed by atoms with Crippen molar-refractivity contribution in [1.29, 1.82) is 0 Å². The van der Waals surface area contributed by atoms with E-state index in [0.717, 1.165) is 36.7 Å². The molecule has 160 valence electrons. The van der Waals surface area contributed by atoms with Gasteiger partial charge in [-0.3, -0.25) is 18.7 Å². The van der Waals surface area contributed by atoms with E-state index in [0.29, 0.717) is 22.9 Å². The van der Waals surface area contributed by atoms with Gasteiger partial charge in [0.05, 0.1) is 5.75 Å². The number of amides is 1. The normalized spacial score (nSPS) is 19.8. The Bertz CT molecular complexity index is 1010. The van der Waals surface area contributed by atoms with E-state index in [9.17, 15) is 14.4 Å². The number of imidazole rings is 1. The first-order chi connectivity index (χ1) is 13.8. The highest BCUT2D eigenvalue weighted by Gasteiger charge is 2.29. The molecule has 0 radical (unpaired) electrons. The molecule has 9 heteroatoms. The van der Waals surface area contributed by atoms with Crippen molar-refractivity contribution in [2.24, 2.45) is 14.1 Å². The van der Waals surface area contributed by atoms with Gasteiger partial charge in [-0.05, 0) is 39.5 Å². The van der Waals surface area contributed by atoms with E-state index in [4.69, 9.17) is 0 Å². The van der Waals surface area contributed by atoms with Gasteiger partial charge in [0.2, 0.25) is 5.91 Å². The lowest BCUT2D eigenvalue weighted by molar-refractivity contribution is -0.134. The number of carbonyl (C=O) groups excluding carboxylic acids is 1. The van der Waals surface area contributed by atoms with Crippen molar-refractivity contribution in [2.75, 3.05) is 5.75 Å². The standard InChI is InChI=1S/C20H31N5O3S/c1-6-7-11-24-16-17(22(4)20(28)23(5)18(16)27)21-19(24)29-12-15(26)25-13(2)9-8-10-14(25)3/h13-14H,6-12H2,1-5H3/t13-,14-/m1/s1. The Kier molecular flexibility index (Phi) is 6.55. The zero-order valence-electron chi connectivity index (χ0n) is 18.0. The van der Waals surface area contributed by atoms with Crippen molar-refractivity contribution < 1.29 is 4.79 Å². The van der Waals surface area contributed by atoms with Crippen molar-refractivity contribution in [3.05, 3.63) is 20.8 Å². The van der Waals surface area contributed by atoms with E-state index in [2.05, 4.69) is 25.8 Å². The highest BCUT2D eigenvalue weighted by atomic mass is 32.2. The van der Waals surface area contributed by atoms with Gasteiger partial charge in [-0.1, -0.05) is 25.1 Å². The maximum Gasteiger partial charge on any atom is 0.332 e. The van der Waals surface area contributed by atoms with Crippen LogP contribution in [-0.4, -0.2) is 47.3 Å². The number of unbranched alkanes of at least 4 members (excludes halogenated alkanes) is 1. The summed E-state index contributed by atoms with van der Waals surface area (Å²) in [5.74, 6) is 0.379. The van der Waals surface area contributed by atoms with E-state index < -0.39 is 5.69 Å². The molecule has 2 aromatic rings. The summed E-state index contributed by atoms with van der Waals surface area (Å²) in [6.45, 7) is 6.93. The molecule has 0 bridgehead atoms. The first-order valence-electron chi connectivity index (χ1n) is 10.4. The second-order valence-electron chi connectivity index (χ2n) is 8.00. The average Bonchev–Trinajstić information content (AvgIpc) is 3.06. The molecule has 3 rings (SSSR count). The number of hydrogen-bond donors (Lipinski definition) is 0. The Balaban J connectivity index is 1.95. The Morgan fingerprint density at radius 3 is 2.41 bits per heavy atom. The Labute approximate surface area is 174 Å². The monoisotopic (exact) mass is 421 g/mol. The smallest absolute Gasteiger partial charge is 0.332 e. The number of thioether (sulfide) groups is 1. The zero-order chi connectivity index (χ0) is 21.3. The van der Waals surface area contributed by atoms with E-state index >= 15 is 0 Å². The molecule has 0 N–H and O–H groups in total. The summed E-state index contributed by atoms with van der Waals surface area (Å²) in [5, 5.41) is 0.623. The number of aromatic nitrogens is 4. The molecular weight excluding hydrogens is 390 g/mol. The predicted octanol–water partition coefficient (Wildman–Crippen LogP) is 2.12. The number of likely N-dealkylation sites (tertiary alicyclic amines) is 1. The maximum atomic E-state index is 12.9. The van der Waals surface area contributed by atoms with Gasteiger partial charge in [-0.2, -0.15) is 0 Å². The van der Waals surface area contributed by atoms with Gasteiger partial charge in [0, 0.05) is 32.7 Å². The SMILES string of the molecule is CCCCn1c(SCC(=O)N2[C@H](C)CCC[C@H]2C)nc2c1c(=O)n(C)c(=O)n2C. The lowest BCUT2D eigenvalue weighted by Gasteiger charge is -2.39. The van der Waals surface area contributed by atoms with Crippen LogP contribution in [-0.2, 0) is 25.4 Å². The first-order valence-corrected chi connectivity index (χ1v) is 11.4. The van der Waals surface area contributed by atoms with Crippen LogP contribution in [0, 0.1) is 0 Å². The van der Waals surface area contributed by atoms with Crippen molar-refractivity contribution in [2.45, 2.75) is 76.7 Å². The molecule has 1 saturated heterocycles. The van der Waals surface area contributed by atoms with Crippen molar-refractivity contribution in [3.63, 3.8) is 0 Å². The van der Waals surface area contributed by atoms with Crippen molar-refractivity contribution in [3.8, 4) is 0 Å². The molecule has 1 aliphatic heterocycles. The van der Waals surface area contributed by atoms with E-state index in [1.54, 1.807) is 7.05 Å². The summed E-state index contributed by atoms with van der Waals surface area (Å²) in [6, 6.07) is 0.498. The average molecular weight is 422 g/mol. The van der Waals surface area contributed by atoms with Gasteiger partial charge < -0.3 is 9.47 Å². The Hall–Kier alpha value is -2.03. The van der Waals surface area contributed by atoms with E-state index in [1.807, 2.05) is 9.47 Å². The quantitative estimate of drug-likeness (QED) is 0.667. The third kappa shape index (κ3) is 4.01. The molecule has 0 aliphatic carbocycles. The van der Waals surface area contributed by atoms with Crippen LogP contribution in [0.4, 0.5) is 0 Å². The third-order valence-corrected chi connectivity index (χ3v) is 6.82. The third-order valence-electron chi connectivity index (χ3n) is 5.85. The molecule has 0 saturated carbocycles. The number of fused-ring (bicyclic) bond motifs is 1. The highest BCUT2D eigenvalue weighted by molar-refractivity contribution is 7.99. The lowest BCUT2D eigenvalue weighted by Crippen LogP contribution is -2.48. The molecule has 1 amide bonds. The van der Waals surface area contributed by atoms with Crippen LogP contribution in [0.2, 0.25) is 0 Å². The lowest BCUT2D eigenvalue weighted by atomic mass is 9.98. The molecular formula is C20H31N5O3S. The van der Waals surface area contributed by atoms with Crippen molar-refractivity contribution >= 4 is 28.8 Å². The minimum atomic E-state index is -0.397. The zero-order valence-corrected chi connectivity index (χ0v) is 18.8. The topological polar surface area (TPSA) is 82.1 Å². The maximum absolute atomic E-state index is 12.9. The van der Waals surface area contributed by atoms with E-state index in [1.165, 1.54) is 23.4 Å². The minimum absolute atomic E-state index is 0.102. The summed E-state index contributed by atoms with van der Waals surface area (Å²) in [5.41, 5.74) is 0.0657. The summed E-state index contributed by atoms with van der Waals surface area (Å²) < 4.78 is 4.39. The number of carbonyl (C=O) groups is 1. The Morgan fingerprint density at radius 1 is 1.14 bits per heavy atom. The van der Waals surface area contributed by atoms with Gasteiger partial charge in [0.15, 0.2) is 16.3 Å². The molecule has 0 spiro atoms. The Morgan fingerprint density at radius 2 is 1.79 bits per heavy atom. The van der Waals surface area contributed by atoms with Gasteiger partial charge >= 0.3 is 5.69 Å². The van der Waals surface area contributed by atoms with Gasteiger partial charge in [0.1, 0.15) is 0 Å². The van der Waals surface area contributed by atoms with Crippen LogP contribution < -0.4 is 11.2 Å². The van der Waals surface area contributed by atoms with Crippen LogP contribution in [0.1, 0.15) is 52.9 Å². The molecule has 8 nitrogen and oxygen atoms in total. The summed E-state index contributed by atoms with van der Waals surface area (Å²) in [4.78, 5) is 44.6. The summed E-state index contributed by atoms with van der Waals surface area (Å²) in [6.07, 6.45) is 5.09. The van der Waals surface area contributed by atoms with Crippen LogP contribution in [0.3, 0.4) is 0 Å².